The highest BCUT2D eigenvalue weighted by Gasteiger charge is 2.48. The molecule has 0 aliphatic carbocycles. The summed E-state index contributed by atoms with van der Waals surface area (Å²) in [5, 5.41) is 1.49. The fourth-order valence-corrected chi connectivity index (χ4v) is 5.82. The number of rotatable bonds is 3. The number of hydrogen-bond acceptors (Lipinski definition) is 6. The molecule has 1 aromatic heterocycles. The number of nitrogens with zero attached hydrogens (tertiary/aromatic N) is 3. The highest BCUT2D eigenvalue weighted by atomic mass is 32.2. The molecule has 198 valence electrons. The number of fused-ring (bicyclic) bond motifs is 3. The third-order valence-electron chi connectivity index (χ3n) is 6.56. The van der Waals surface area contributed by atoms with Gasteiger partial charge in [0, 0.05) is 29.8 Å². The number of esters is 1. The van der Waals surface area contributed by atoms with Gasteiger partial charge in [-0.25, -0.2) is 4.39 Å². The number of halogens is 4. The first kappa shape index (κ1) is 25.8. The van der Waals surface area contributed by atoms with Crippen molar-refractivity contribution in [1.29, 1.82) is 0 Å². The first-order valence-corrected chi connectivity index (χ1v) is 12.5. The minimum absolute atomic E-state index is 0.469. The summed E-state index contributed by atoms with van der Waals surface area (Å²) in [6.07, 6.45) is -3.51. The van der Waals surface area contributed by atoms with Crippen LogP contribution < -0.4 is 15.2 Å². The van der Waals surface area contributed by atoms with Gasteiger partial charge in [0.15, 0.2) is 5.69 Å². The third kappa shape index (κ3) is 4.42. The molecule has 0 fully saturated rings. The Bertz CT molecular complexity index is 1510. The lowest BCUT2D eigenvalue weighted by molar-refractivity contribution is -0.173. The number of aromatic nitrogens is 1. The third-order valence-corrected chi connectivity index (χ3v) is 7.68. The van der Waals surface area contributed by atoms with Crippen LogP contribution in [0.15, 0.2) is 64.4 Å². The number of pyridine rings is 1. The second-order valence-corrected chi connectivity index (χ2v) is 9.96. The number of carbonyl (C=O) groups excluding carboxylic acids is 2. The zero-order valence-electron chi connectivity index (χ0n) is 20.2. The SMILES string of the molecule is CC(=O)Oc1c2n(ccc1=O)N([C@H]1c3ccccc3CSc3cc(F)ccc31)CN([C@H](C)C(F)(F)F)C2=O. The highest BCUT2D eigenvalue weighted by molar-refractivity contribution is 7.98. The van der Waals surface area contributed by atoms with Crippen molar-refractivity contribution in [1.82, 2.24) is 9.58 Å². The van der Waals surface area contributed by atoms with Crippen molar-refractivity contribution >= 4 is 23.6 Å². The van der Waals surface area contributed by atoms with Crippen molar-refractivity contribution in [2.75, 3.05) is 11.7 Å². The molecule has 2 aliphatic rings. The Labute approximate surface area is 218 Å². The molecular formula is C26H21F4N3O4S. The number of amides is 1. The Morgan fingerprint density at radius 1 is 1.11 bits per heavy atom. The van der Waals surface area contributed by atoms with E-state index in [-0.39, 0.29) is 0 Å². The van der Waals surface area contributed by atoms with Crippen molar-refractivity contribution in [2.45, 2.75) is 42.8 Å². The van der Waals surface area contributed by atoms with Gasteiger partial charge in [-0.05, 0) is 35.7 Å². The number of alkyl halides is 3. The Hall–Kier alpha value is -3.80. The molecule has 0 spiro atoms. The fraction of sp³-hybridized carbons (Fsp3) is 0.269. The molecular weight excluding hydrogens is 526 g/mol. The van der Waals surface area contributed by atoms with Crippen LogP contribution in [0.3, 0.4) is 0 Å². The largest absolute Gasteiger partial charge is 0.420 e. The van der Waals surface area contributed by atoms with Crippen LogP contribution in [-0.2, 0) is 10.5 Å². The maximum Gasteiger partial charge on any atom is 0.408 e. The Balaban J connectivity index is 1.80. The maximum absolute atomic E-state index is 14.2. The van der Waals surface area contributed by atoms with Gasteiger partial charge in [-0.3, -0.25) is 24.1 Å². The zero-order valence-corrected chi connectivity index (χ0v) is 21.0. The minimum atomic E-state index is -4.78. The van der Waals surface area contributed by atoms with Gasteiger partial charge >= 0.3 is 12.1 Å². The second kappa shape index (κ2) is 9.50. The van der Waals surface area contributed by atoms with Gasteiger partial charge in [0.25, 0.3) is 5.91 Å². The van der Waals surface area contributed by atoms with E-state index in [9.17, 15) is 31.9 Å². The average molecular weight is 548 g/mol. The molecule has 7 nitrogen and oxygen atoms in total. The highest BCUT2D eigenvalue weighted by Crippen LogP contribution is 2.43. The normalized spacial score (nSPS) is 17.7. The molecule has 5 rings (SSSR count). The first-order chi connectivity index (χ1) is 18.0. The van der Waals surface area contributed by atoms with E-state index >= 15 is 0 Å². The number of carbonyl (C=O) groups is 2. The molecule has 0 bridgehead atoms. The van der Waals surface area contributed by atoms with E-state index in [4.69, 9.17) is 4.74 Å². The van der Waals surface area contributed by atoms with Crippen LogP contribution in [0.1, 0.15) is 47.1 Å². The van der Waals surface area contributed by atoms with E-state index in [1.807, 2.05) is 18.2 Å². The Kier molecular flexibility index (Phi) is 6.46. The molecule has 2 aliphatic heterocycles. The molecule has 0 unspecified atom stereocenters. The van der Waals surface area contributed by atoms with E-state index in [0.29, 0.717) is 21.1 Å². The summed E-state index contributed by atoms with van der Waals surface area (Å²) in [4.78, 5) is 39.1. The summed E-state index contributed by atoms with van der Waals surface area (Å²) in [6, 6.07) is 9.57. The van der Waals surface area contributed by atoms with Crippen molar-refractivity contribution in [2.24, 2.45) is 0 Å². The van der Waals surface area contributed by atoms with Gasteiger partial charge in [-0.1, -0.05) is 30.3 Å². The molecule has 0 saturated heterocycles. The van der Waals surface area contributed by atoms with Crippen LogP contribution >= 0.6 is 11.8 Å². The quantitative estimate of drug-likeness (QED) is 0.353. The number of hydrogen-bond donors (Lipinski definition) is 0. The standard InChI is InChI=1S/C26H21F4N3O4S/c1-14(26(28,29)30)31-13-33(32-10-9-20(35)24(37-15(2)34)23(32)25(31)36)22-18-6-4-3-5-16(18)12-38-21-11-17(27)7-8-19(21)22/h3-11,14,22H,12-13H2,1-2H3/t14-,22+/m1/s1. The van der Waals surface area contributed by atoms with Gasteiger partial charge in [-0.2, -0.15) is 13.2 Å². The zero-order chi connectivity index (χ0) is 27.4. The lowest BCUT2D eigenvalue weighted by atomic mass is 9.94. The molecule has 2 atom stereocenters. The average Bonchev–Trinajstić information content (AvgIpc) is 3.01. The van der Waals surface area contributed by atoms with Gasteiger partial charge in [0.05, 0.1) is 6.04 Å². The van der Waals surface area contributed by atoms with Gasteiger partial charge < -0.3 is 9.64 Å². The topological polar surface area (TPSA) is 71.8 Å². The lowest BCUT2D eigenvalue weighted by Crippen LogP contribution is -2.60. The van der Waals surface area contributed by atoms with E-state index in [1.165, 1.54) is 39.8 Å². The van der Waals surface area contributed by atoms with Crippen molar-refractivity contribution in [3.05, 3.63) is 93.2 Å². The van der Waals surface area contributed by atoms with E-state index in [1.54, 1.807) is 12.1 Å². The summed E-state index contributed by atoms with van der Waals surface area (Å²) in [7, 11) is 0. The van der Waals surface area contributed by atoms with Crippen LogP contribution in [0.4, 0.5) is 17.6 Å². The molecule has 38 heavy (non-hydrogen) atoms. The van der Waals surface area contributed by atoms with Crippen LogP contribution in [0.5, 0.6) is 5.75 Å². The molecule has 12 heteroatoms. The van der Waals surface area contributed by atoms with Crippen LogP contribution in [-0.4, -0.2) is 40.3 Å². The summed E-state index contributed by atoms with van der Waals surface area (Å²) in [5.41, 5.74) is 0.870. The predicted molar refractivity (Wildman–Crippen MR) is 131 cm³/mol. The van der Waals surface area contributed by atoms with Gasteiger partial charge in [-0.15, -0.1) is 11.8 Å². The smallest absolute Gasteiger partial charge is 0.408 e. The summed E-state index contributed by atoms with van der Waals surface area (Å²) in [5.74, 6) is -2.68. The predicted octanol–water partition coefficient (Wildman–Crippen LogP) is 4.61. The van der Waals surface area contributed by atoms with E-state index in [0.717, 1.165) is 31.0 Å². The minimum Gasteiger partial charge on any atom is -0.420 e. The monoisotopic (exact) mass is 547 g/mol. The summed E-state index contributed by atoms with van der Waals surface area (Å²) >= 11 is 1.39. The van der Waals surface area contributed by atoms with Gasteiger partial charge in [0.2, 0.25) is 11.2 Å². The molecule has 0 saturated carbocycles. The molecule has 0 N–H and O–H groups in total. The number of ether oxygens (including phenoxy) is 1. The van der Waals surface area contributed by atoms with Crippen molar-refractivity contribution in [3.8, 4) is 5.75 Å². The fourth-order valence-electron chi connectivity index (χ4n) is 4.70. The molecule has 0 radical (unpaired) electrons. The van der Waals surface area contributed by atoms with E-state index in [2.05, 4.69) is 0 Å². The van der Waals surface area contributed by atoms with Crippen molar-refractivity contribution in [3.63, 3.8) is 0 Å². The van der Waals surface area contributed by atoms with Crippen molar-refractivity contribution < 1.29 is 31.9 Å². The lowest BCUT2D eigenvalue weighted by Gasteiger charge is -2.46. The molecule has 3 aromatic rings. The Morgan fingerprint density at radius 3 is 2.55 bits per heavy atom. The van der Waals surface area contributed by atoms with Crippen LogP contribution in [0, 0.1) is 5.82 Å². The first-order valence-electron chi connectivity index (χ1n) is 11.6. The number of benzene rings is 2. The second-order valence-electron chi connectivity index (χ2n) is 8.94. The number of thioether (sulfide) groups is 1. The molecule has 2 aromatic carbocycles. The van der Waals surface area contributed by atoms with Crippen LogP contribution in [0.2, 0.25) is 0 Å². The summed E-state index contributed by atoms with van der Waals surface area (Å²) in [6.45, 7) is 1.35. The van der Waals surface area contributed by atoms with E-state index < -0.39 is 59.5 Å². The van der Waals surface area contributed by atoms with Gasteiger partial charge in [0.1, 0.15) is 18.5 Å². The Morgan fingerprint density at radius 2 is 1.84 bits per heavy atom. The molecule has 1 amide bonds. The van der Waals surface area contributed by atoms with Crippen LogP contribution in [0.25, 0.3) is 0 Å². The summed E-state index contributed by atoms with van der Waals surface area (Å²) < 4.78 is 62.3. The maximum atomic E-state index is 14.2. The molecule has 3 heterocycles.